The van der Waals surface area contributed by atoms with E-state index in [9.17, 15) is 0 Å². The summed E-state index contributed by atoms with van der Waals surface area (Å²) in [7, 11) is 0. The Labute approximate surface area is 107 Å². The number of benzene rings is 1. The van der Waals surface area contributed by atoms with Crippen LogP contribution in [0.5, 0.6) is 0 Å². The summed E-state index contributed by atoms with van der Waals surface area (Å²) in [6, 6.07) is 8.14. The molecule has 0 bridgehead atoms. The van der Waals surface area contributed by atoms with Crippen LogP contribution >= 0.6 is 11.6 Å². The third-order valence-electron chi connectivity index (χ3n) is 3.03. The van der Waals surface area contributed by atoms with Gasteiger partial charge < -0.3 is 5.32 Å². The standard InChI is InChI=1S/C13H16ClN3/c1-10-8-17(5-4-16-10)9-12-3-2-11(7-15)6-13(12)14/h2-3,6,10,16H,4-5,8-9H2,1H3/t10-/m1/s1. The SMILES string of the molecule is C[C@@H]1CN(Cc2ccc(C#N)cc2Cl)CCN1. The number of hydrogen-bond acceptors (Lipinski definition) is 3. The third-order valence-corrected chi connectivity index (χ3v) is 3.38. The molecule has 0 amide bonds. The number of halogens is 1. The average Bonchev–Trinajstić information content (AvgIpc) is 2.32. The van der Waals surface area contributed by atoms with E-state index in [0.29, 0.717) is 16.6 Å². The van der Waals surface area contributed by atoms with Gasteiger partial charge in [0.05, 0.1) is 11.6 Å². The van der Waals surface area contributed by atoms with Crippen LogP contribution in [0.4, 0.5) is 0 Å². The highest BCUT2D eigenvalue weighted by Crippen LogP contribution is 2.19. The Morgan fingerprint density at radius 2 is 2.41 bits per heavy atom. The molecular formula is C13H16ClN3. The molecule has 0 saturated carbocycles. The highest BCUT2D eigenvalue weighted by molar-refractivity contribution is 6.31. The van der Waals surface area contributed by atoms with Gasteiger partial charge in [0.1, 0.15) is 0 Å². The third kappa shape index (κ3) is 3.19. The van der Waals surface area contributed by atoms with Crippen molar-refractivity contribution in [1.82, 2.24) is 10.2 Å². The molecule has 17 heavy (non-hydrogen) atoms. The van der Waals surface area contributed by atoms with Crippen LogP contribution in [0.3, 0.4) is 0 Å². The van der Waals surface area contributed by atoms with Gasteiger partial charge in [-0.15, -0.1) is 0 Å². The lowest BCUT2D eigenvalue weighted by Crippen LogP contribution is -2.48. The zero-order chi connectivity index (χ0) is 12.3. The van der Waals surface area contributed by atoms with Crippen LogP contribution < -0.4 is 5.32 Å². The van der Waals surface area contributed by atoms with Crippen molar-refractivity contribution in [1.29, 1.82) is 5.26 Å². The second kappa shape index (κ2) is 5.50. The smallest absolute Gasteiger partial charge is 0.0992 e. The lowest BCUT2D eigenvalue weighted by atomic mass is 10.1. The van der Waals surface area contributed by atoms with E-state index in [1.807, 2.05) is 12.1 Å². The van der Waals surface area contributed by atoms with Crippen LogP contribution in [0.2, 0.25) is 5.02 Å². The Hall–Kier alpha value is -1.08. The molecule has 0 aliphatic carbocycles. The summed E-state index contributed by atoms with van der Waals surface area (Å²) >= 11 is 6.17. The number of hydrogen-bond donors (Lipinski definition) is 1. The van der Waals surface area contributed by atoms with Gasteiger partial charge in [-0.05, 0) is 24.6 Å². The number of nitriles is 1. The number of piperazine rings is 1. The molecule has 0 spiro atoms. The van der Waals surface area contributed by atoms with Gasteiger partial charge in [-0.25, -0.2) is 0 Å². The minimum atomic E-state index is 0.529. The summed E-state index contributed by atoms with van der Waals surface area (Å²) in [5.74, 6) is 0. The maximum absolute atomic E-state index is 8.78. The Kier molecular flexibility index (Phi) is 4.01. The Bertz CT molecular complexity index is 439. The van der Waals surface area contributed by atoms with Crippen molar-refractivity contribution in [3.63, 3.8) is 0 Å². The van der Waals surface area contributed by atoms with Crippen LogP contribution in [0.25, 0.3) is 0 Å². The zero-order valence-electron chi connectivity index (χ0n) is 9.91. The van der Waals surface area contributed by atoms with E-state index in [1.165, 1.54) is 0 Å². The van der Waals surface area contributed by atoms with Crippen molar-refractivity contribution in [3.8, 4) is 6.07 Å². The normalized spacial score (nSPS) is 21.1. The molecule has 1 fully saturated rings. The highest BCUT2D eigenvalue weighted by atomic mass is 35.5. The Morgan fingerprint density at radius 1 is 1.59 bits per heavy atom. The monoisotopic (exact) mass is 249 g/mol. The van der Waals surface area contributed by atoms with E-state index in [4.69, 9.17) is 16.9 Å². The van der Waals surface area contributed by atoms with Gasteiger partial charge in [0.25, 0.3) is 0 Å². The van der Waals surface area contributed by atoms with Gasteiger partial charge in [-0.1, -0.05) is 17.7 Å². The predicted molar refractivity (Wildman–Crippen MR) is 68.9 cm³/mol. The molecule has 0 unspecified atom stereocenters. The number of nitrogens with zero attached hydrogens (tertiary/aromatic N) is 2. The first-order valence-corrected chi connectivity index (χ1v) is 6.21. The quantitative estimate of drug-likeness (QED) is 0.872. The fourth-order valence-electron chi connectivity index (χ4n) is 2.14. The molecule has 1 aliphatic rings. The molecule has 2 rings (SSSR count). The summed E-state index contributed by atoms with van der Waals surface area (Å²) < 4.78 is 0. The summed E-state index contributed by atoms with van der Waals surface area (Å²) in [4.78, 5) is 2.38. The van der Waals surface area contributed by atoms with Crippen LogP contribution in [0, 0.1) is 11.3 Å². The van der Waals surface area contributed by atoms with Gasteiger partial charge in [0, 0.05) is 37.2 Å². The van der Waals surface area contributed by atoms with E-state index >= 15 is 0 Å². The predicted octanol–water partition coefficient (Wildman–Crippen LogP) is 2.01. The van der Waals surface area contributed by atoms with Gasteiger partial charge in [-0.2, -0.15) is 5.26 Å². The summed E-state index contributed by atoms with van der Waals surface area (Å²) in [6.45, 7) is 6.15. The van der Waals surface area contributed by atoms with Crippen molar-refractivity contribution in [2.75, 3.05) is 19.6 Å². The maximum atomic E-state index is 8.78. The first-order chi connectivity index (χ1) is 8.19. The molecule has 0 aromatic heterocycles. The summed E-state index contributed by atoms with van der Waals surface area (Å²) in [5.41, 5.74) is 1.71. The fraction of sp³-hybridized carbons (Fsp3) is 0.462. The van der Waals surface area contributed by atoms with Gasteiger partial charge in [-0.3, -0.25) is 4.90 Å². The number of nitrogens with one attached hydrogen (secondary N) is 1. The first-order valence-electron chi connectivity index (χ1n) is 5.83. The molecule has 4 heteroatoms. The second-order valence-corrected chi connectivity index (χ2v) is 4.92. The van der Waals surface area contributed by atoms with Crippen molar-refractivity contribution in [3.05, 3.63) is 34.3 Å². The Morgan fingerprint density at radius 3 is 3.06 bits per heavy atom. The van der Waals surface area contributed by atoms with E-state index in [2.05, 4.69) is 23.2 Å². The molecule has 1 heterocycles. The lowest BCUT2D eigenvalue weighted by molar-refractivity contribution is 0.199. The largest absolute Gasteiger partial charge is 0.312 e. The molecule has 1 saturated heterocycles. The molecule has 1 N–H and O–H groups in total. The van der Waals surface area contributed by atoms with Crippen molar-refractivity contribution >= 4 is 11.6 Å². The molecule has 1 atom stereocenters. The molecule has 3 nitrogen and oxygen atoms in total. The van der Waals surface area contributed by atoms with Crippen LogP contribution in [-0.2, 0) is 6.54 Å². The van der Waals surface area contributed by atoms with Crippen LogP contribution in [0.1, 0.15) is 18.1 Å². The van der Waals surface area contributed by atoms with Crippen molar-refractivity contribution in [2.24, 2.45) is 0 Å². The fourth-order valence-corrected chi connectivity index (χ4v) is 2.38. The maximum Gasteiger partial charge on any atom is 0.0992 e. The van der Waals surface area contributed by atoms with Gasteiger partial charge >= 0.3 is 0 Å². The highest BCUT2D eigenvalue weighted by Gasteiger charge is 2.16. The van der Waals surface area contributed by atoms with E-state index < -0.39 is 0 Å². The van der Waals surface area contributed by atoms with Crippen LogP contribution in [0.15, 0.2) is 18.2 Å². The zero-order valence-corrected chi connectivity index (χ0v) is 10.7. The van der Waals surface area contributed by atoms with E-state index in [-0.39, 0.29) is 0 Å². The lowest BCUT2D eigenvalue weighted by Gasteiger charge is -2.32. The van der Waals surface area contributed by atoms with E-state index in [0.717, 1.165) is 31.7 Å². The average molecular weight is 250 g/mol. The molecule has 0 radical (unpaired) electrons. The molecule has 1 aromatic carbocycles. The topological polar surface area (TPSA) is 39.1 Å². The molecule has 1 aliphatic heterocycles. The van der Waals surface area contributed by atoms with Gasteiger partial charge in [0.15, 0.2) is 0 Å². The molecular weight excluding hydrogens is 234 g/mol. The molecule has 1 aromatic rings. The number of rotatable bonds is 2. The Balaban J connectivity index is 2.06. The minimum Gasteiger partial charge on any atom is -0.312 e. The van der Waals surface area contributed by atoms with Gasteiger partial charge in [0.2, 0.25) is 0 Å². The molecule has 90 valence electrons. The summed E-state index contributed by atoms with van der Waals surface area (Å²) in [6.07, 6.45) is 0. The van der Waals surface area contributed by atoms with Crippen molar-refractivity contribution < 1.29 is 0 Å². The van der Waals surface area contributed by atoms with Crippen LogP contribution in [-0.4, -0.2) is 30.6 Å². The minimum absolute atomic E-state index is 0.529. The van der Waals surface area contributed by atoms with E-state index in [1.54, 1.807) is 6.07 Å². The second-order valence-electron chi connectivity index (χ2n) is 4.51. The van der Waals surface area contributed by atoms with Crippen molar-refractivity contribution in [2.45, 2.75) is 19.5 Å². The first kappa shape index (κ1) is 12.4. The summed E-state index contributed by atoms with van der Waals surface area (Å²) in [5, 5.41) is 12.9.